The molecule has 1 nitrogen and oxygen atoms in total. The third kappa shape index (κ3) is 1.80. The molecule has 0 aromatic heterocycles. The molecule has 2 fully saturated rings. The molecule has 0 aliphatic heterocycles. The average molecular weight is 243 g/mol. The Morgan fingerprint density at radius 1 is 1.06 bits per heavy atom. The standard InChI is InChI=1S/C17H25N/c1-10-8-11(2)15(12(3)9-10)17(18-4)16-13-6-5-7-14(13)16/h8-9,13-14,16-18H,5-7H2,1-4H3. The van der Waals surface area contributed by atoms with Gasteiger partial charge in [0.05, 0.1) is 0 Å². The maximum atomic E-state index is 3.61. The quantitative estimate of drug-likeness (QED) is 0.848. The second kappa shape index (κ2) is 4.38. The van der Waals surface area contributed by atoms with Crippen LogP contribution in [0.2, 0.25) is 0 Å². The maximum absolute atomic E-state index is 3.61. The first-order valence-electron chi connectivity index (χ1n) is 7.38. The molecule has 98 valence electrons. The molecule has 0 bridgehead atoms. The van der Waals surface area contributed by atoms with Crippen LogP contribution in [0.15, 0.2) is 12.1 Å². The molecule has 0 spiro atoms. The molecular weight excluding hydrogens is 218 g/mol. The zero-order valence-corrected chi connectivity index (χ0v) is 12.1. The minimum Gasteiger partial charge on any atom is -0.313 e. The largest absolute Gasteiger partial charge is 0.313 e. The fraction of sp³-hybridized carbons (Fsp3) is 0.647. The molecule has 0 radical (unpaired) electrons. The van der Waals surface area contributed by atoms with E-state index in [-0.39, 0.29) is 0 Å². The van der Waals surface area contributed by atoms with E-state index in [4.69, 9.17) is 0 Å². The van der Waals surface area contributed by atoms with E-state index in [0.717, 1.165) is 17.8 Å². The molecule has 0 amide bonds. The highest BCUT2D eigenvalue weighted by Crippen LogP contribution is 2.62. The first kappa shape index (κ1) is 12.2. The zero-order valence-electron chi connectivity index (χ0n) is 12.1. The summed E-state index contributed by atoms with van der Waals surface area (Å²) in [5.41, 5.74) is 5.90. The van der Waals surface area contributed by atoms with Crippen molar-refractivity contribution in [2.24, 2.45) is 17.8 Å². The molecule has 1 aromatic rings. The van der Waals surface area contributed by atoms with Gasteiger partial charge >= 0.3 is 0 Å². The van der Waals surface area contributed by atoms with Crippen LogP contribution in [0.1, 0.15) is 47.6 Å². The van der Waals surface area contributed by atoms with Crippen molar-refractivity contribution in [2.75, 3.05) is 7.05 Å². The smallest absolute Gasteiger partial charge is 0.0356 e. The van der Waals surface area contributed by atoms with Crippen LogP contribution < -0.4 is 5.32 Å². The highest BCUT2D eigenvalue weighted by molar-refractivity contribution is 5.41. The Bertz CT molecular complexity index is 430. The summed E-state index contributed by atoms with van der Waals surface area (Å²) >= 11 is 0. The number of benzene rings is 1. The summed E-state index contributed by atoms with van der Waals surface area (Å²) in [6.45, 7) is 6.75. The Morgan fingerprint density at radius 2 is 1.61 bits per heavy atom. The number of aryl methyl sites for hydroxylation is 3. The van der Waals surface area contributed by atoms with Gasteiger partial charge in [-0.3, -0.25) is 0 Å². The van der Waals surface area contributed by atoms with Crippen LogP contribution in [0.3, 0.4) is 0 Å². The normalized spacial score (nSPS) is 31.2. The topological polar surface area (TPSA) is 12.0 Å². The second-order valence-corrected chi connectivity index (χ2v) is 6.41. The van der Waals surface area contributed by atoms with Gasteiger partial charge in [0.15, 0.2) is 0 Å². The van der Waals surface area contributed by atoms with Gasteiger partial charge in [0, 0.05) is 6.04 Å². The Labute approximate surface area is 111 Å². The number of hydrogen-bond acceptors (Lipinski definition) is 1. The van der Waals surface area contributed by atoms with Crippen molar-refractivity contribution < 1.29 is 0 Å². The fourth-order valence-corrected chi connectivity index (χ4v) is 4.58. The molecule has 3 unspecified atom stereocenters. The fourth-order valence-electron chi connectivity index (χ4n) is 4.58. The summed E-state index contributed by atoms with van der Waals surface area (Å²) in [6, 6.07) is 5.26. The van der Waals surface area contributed by atoms with Crippen molar-refractivity contribution in [3.8, 4) is 0 Å². The second-order valence-electron chi connectivity index (χ2n) is 6.41. The zero-order chi connectivity index (χ0) is 12.9. The Hall–Kier alpha value is -0.820. The van der Waals surface area contributed by atoms with Crippen LogP contribution >= 0.6 is 0 Å². The third-order valence-corrected chi connectivity index (χ3v) is 5.22. The molecule has 1 N–H and O–H groups in total. The third-order valence-electron chi connectivity index (χ3n) is 5.22. The minimum atomic E-state index is 0.584. The minimum absolute atomic E-state index is 0.584. The molecule has 2 aliphatic rings. The molecular formula is C17H25N. The number of nitrogens with one attached hydrogen (secondary N) is 1. The van der Waals surface area contributed by atoms with Crippen LogP contribution in [-0.2, 0) is 0 Å². The number of rotatable bonds is 3. The first-order chi connectivity index (χ1) is 8.63. The van der Waals surface area contributed by atoms with Gasteiger partial charge in [-0.25, -0.2) is 0 Å². The molecule has 1 heteroatoms. The summed E-state index contributed by atoms with van der Waals surface area (Å²) < 4.78 is 0. The summed E-state index contributed by atoms with van der Waals surface area (Å²) in [4.78, 5) is 0. The van der Waals surface area contributed by atoms with Crippen molar-refractivity contribution in [1.82, 2.24) is 5.32 Å². The molecule has 18 heavy (non-hydrogen) atoms. The van der Waals surface area contributed by atoms with E-state index in [1.165, 1.54) is 36.0 Å². The average Bonchev–Trinajstić information content (AvgIpc) is 2.78. The highest BCUT2D eigenvalue weighted by Gasteiger charge is 2.56. The van der Waals surface area contributed by atoms with Gasteiger partial charge in [0.25, 0.3) is 0 Å². The summed E-state index contributed by atoms with van der Waals surface area (Å²) in [6.07, 6.45) is 4.41. The predicted octanol–water partition coefficient (Wildman–Crippen LogP) is 3.92. The number of hydrogen-bond donors (Lipinski definition) is 1. The molecule has 3 atom stereocenters. The Morgan fingerprint density at radius 3 is 2.11 bits per heavy atom. The van der Waals surface area contributed by atoms with Crippen LogP contribution in [0.4, 0.5) is 0 Å². The van der Waals surface area contributed by atoms with Crippen molar-refractivity contribution >= 4 is 0 Å². The van der Waals surface area contributed by atoms with Gasteiger partial charge in [0.2, 0.25) is 0 Å². The lowest BCUT2D eigenvalue weighted by Gasteiger charge is -2.23. The van der Waals surface area contributed by atoms with Crippen molar-refractivity contribution in [3.63, 3.8) is 0 Å². The molecule has 1 aromatic carbocycles. The van der Waals surface area contributed by atoms with Crippen molar-refractivity contribution in [1.29, 1.82) is 0 Å². The molecule has 0 heterocycles. The maximum Gasteiger partial charge on any atom is 0.0356 e. The molecule has 0 saturated heterocycles. The van der Waals surface area contributed by atoms with Gasteiger partial charge in [-0.2, -0.15) is 0 Å². The van der Waals surface area contributed by atoms with E-state index < -0.39 is 0 Å². The summed E-state index contributed by atoms with van der Waals surface area (Å²) in [5, 5.41) is 3.61. The van der Waals surface area contributed by atoms with Crippen LogP contribution in [0.25, 0.3) is 0 Å². The molecule has 2 aliphatic carbocycles. The van der Waals surface area contributed by atoms with E-state index >= 15 is 0 Å². The van der Waals surface area contributed by atoms with E-state index in [0.29, 0.717) is 6.04 Å². The van der Waals surface area contributed by atoms with E-state index in [2.05, 4.69) is 45.3 Å². The van der Waals surface area contributed by atoms with Gasteiger partial charge in [-0.05, 0) is 75.1 Å². The lowest BCUT2D eigenvalue weighted by atomic mass is 9.89. The SMILES string of the molecule is CNC(c1c(C)cc(C)cc1C)C1C2CCCC21. The van der Waals surface area contributed by atoms with Crippen LogP contribution in [0, 0.1) is 38.5 Å². The van der Waals surface area contributed by atoms with E-state index in [9.17, 15) is 0 Å². The van der Waals surface area contributed by atoms with Gasteiger partial charge in [0.1, 0.15) is 0 Å². The monoisotopic (exact) mass is 243 g/mol. The van der Waals surface area contributed by atoms with E-state index in [1.54, 1.807) is 5.56 Å². The molecule has 3 rings (SSSR count). The first-order valence-corrected chi connectivity index (χ1v) is 7.38. The Balaban J connectivity index is 1.93. The lowest BCUT2D eigenvalue weighted by molar-refractivity contribution is 0.441. The lowest BCUT2D eigenvalue weighted by Crippen LogP contribution is -2.22. The van der Waals surface area contributed by atoms with Gasteiger partial charge in [-0.1, -0.05) is 24.1 Å². The number of fused-ring (bicyclic) bond motifs is 1. The summed E-state index contributed by atoms with van der Waals surface area (Å²) in [7, 11) is 2.14. The van der Waals surface area contributed by atoms with Crippen LogP contribution in [-0.4, -0.2) is 7.05 Å². The van der Waals surface area contributed by atoms with Crippen LogP contribution in [0.5, 0.6) is 0 Å². The van der Waals surface area contributed by atoms with Crippen molar-refractivity contribution in [3.05, 3.63) is 34.4 Å². The molecule has 2 saturated carbocycles. The van der Waals surface area contributed by atoms with E-state index in [1.807, 2.05) is 0 Å². The van der Waals surface area contributed by atoms with Crippen molar-refractivity contribution in [2.45, 2.75) is 46.1 Å². The Kier molecular flexibility index (Phi) is 2.97. The van der Waals surface area contributed by atoms with Gasteiger partial charge in [-0.15, -0.1) is 0 Å². The predicted molar refractivity (Wildman–Crippen MR) is 76.8 cm³/mol. The van der Waals surface area contributed by atoms with Gasteiger partial charge < -0.3 is 5.32 Å². The summed E-state index contributed by atoms with van der Waals surface area (Å²) in [5.74, 6) is 2.94. The highest BCUT2D eigenvalue weighted by atomic mass is 14.9.